The van der Waals surface area contributed by atoms with Crippen LogP contribution in [0.4, 0.5) is 13.2 Å². The lowest BCUT2D eigenvalue weighted by atomic mass is 10.2. The topological polar surface area (TPSA) is 26.3 Å². The number of halogens is 3. The Morgan fingerprint density at radius 1 is 1.22 bits per heavy atom. The second kappa shape index (κ2) is 6.05. The van der Waals surface area contributed by atoms with Gasteiger partial charge in [-0.3, -0.25) is 0 Å². The van der Waals surface area contributed by atoms with Gasteiger partial charge in [-0.05, 0) is 19.1 Å². The number of rotatable bonds is 3. The highest BCUT2D eigenvalue weighted by molar-refractivity contribution is 5.84. The number of esters is 1. The van der Waals surface area contributed by atoms with Gasteiger partial charge < -0.3 is 4.74 Å². The van der Waals surface area contributed by atoms with Crippen molar-refractivity contribution in [1.82, 2.24) is 0 Å². The highest BCUT2D eigenvalue weighted by atomic mass is 19.4. The molecule has 0 aliphatic heterocycles. The smallest absolute Gasteiger partial charge is 0.419 e. The Labute approximate surface area is 102 Å². The van der Waals surface area contributed by atoms with Crippen LogP contribution in [0.25, 0.3) is 0 Å². The third kappa shape index (κ3) is 4.08. The highest BCUT2D eigenvalue weighted by Gasteiger charge is 2.34. The molecule has 18 heavy (non-hydrogen) atoms. The average molecular weight is 256 g/mol. The van der Waals surface area contributed by atoms with Gasteiger partial charge in [0.15, 0.2) is 0 Å². The molecule has 96 valence electrons. The van der Waals surface area contributed by atoms with E-state index in [0.717, 1.165) is 18.2 Å². The van der Waals surface area contributed by atoms with E-state index in [4.69, 9.17) is 0 Å². The van der Waals surface area contributed by atoms with Crippen LogP contribution in [0.1, 0.15) is 12.5 Å². The lowest BCUT2D eigenvalue weighted by Gasteiger charge is -2.11. The first-order valence-corrected chi connectivity index (χ1v) is 5.12. The van der Waals surface area contributed by atoms with Crippen LogP contribution >= 0.6 is 0 Å². The Hall–Kier alpha value is -2.04. The van der Waals surface area contributed by atoms with Gasteiger partial charge in [-0.15, -0.1) is 0 Å². The molecule has 0 aliphatic carbocycles. The number of hydrogen-bond donors (Lipinski definition) is 0. The van der Waals surface area contributed by atoms with Crippen LogP contribution in [-0.2, 0) is 11.0 Å². The normalized spacial score (nSPS) is 12.2. The van der Waals surface area contributed by atoms with Crippen LogP contribution in [0.3, 0.4) is 0 Å². The zero-order chi connectivity index (χ0) is 13.6. The predicted octanol–water partition coefficient (Wildman–Crippen LogP) is 3.74. The second-order valence-electron chi connectivity index (χ2n) is 3.30. The van der Waals surface area contributed by atoms with Crippen molar-refractivity contribution in [2.24, 2.45) is 0 Å². The van der Waals surface area contributed by atoms with Gasteiger partial charge in [0.25, 0.3) is 0 Å². The summed E-state index contributed by atoms with van der Waals surface area (Å²) < 4.78 is 42.4. The Morgan fingerprint density at radius 2 is 1.89 bits per heavy atom. The van der Waals surface area contributed by atoms with Crippen molar-refractivity contribution in [3.05, 3.63) is 54.1 Å². The van der Waals surface area contributed by atoms with E-state index in [-0.39, 0.29) is 0 Å². The molecule has 1 aromatic carbocycles. The summed E-state index contributed by atoms with van der Waals surface area (Å²) in [6.45, 7) is 1.74. The molecular weight excluding hydrogens is 245 g/mol. The molecule has 0 spiro atoms. The molecule has 0 amide bonds. The number of alkyl halides is 3. The minimum Gasteiger partial charge on any atom is -0.423 e. The van der Waals surface area contributed by atoms with Gasteiger partial charge in [0.05, 0.1) is 5.56 Å². The summed E-state index contributed by atoms with van der Waals surface area (Å²) in [7, 11) is 0. The van der Waals surface area contributed by atoms with Crippen molar-refractivity contribution in [1.29, 1.82) is 0 Å². The van der Waals surface area contributed by atoms with Gasteiger partial charge in [0, 0.05) is 6.08 Å². The number of para-hydroxylation sites is 1. The van der Waals surface area contributed by atoms with E-state index in [1.54, 1.807) is 19.1 Å². The average Bonchev–Trinajstić information content (AvgIpc) is 2.28. The SMILES string of the molecule is C/C=C/C=C/C(=O)Oc1ccccc1C(F)(F)F. The van der Waals surface area contributed by atoms with Crippen LogP contribution in [-0.4, -0.2) is 5.97 Å². The summed E-state index contributed by atoms with van der Waals surface area (Å²) in [4.78, 5) is 11.3. The van der Waals surface area contributed by atoms with Gasteiger partial charge in [0.1, 0.15) is 5.75 Å². The van der Waals surface area contributed by atoms with E-state index in [1.165, 1.54) is 18.2 Å². The third-order valence-corrected chi connectivity index (χ3v) is 1.94. The fraction of sp³-hybridized carbons (Fsp3) is 0.154. The maximum absolute atomic E-state index is 12.6. The maximum atomic E-state index is 12.6. The summed E-state index contributed by atoms with van der Waals surface area (Å²) in [5, 5.41) is 0. The minimum absolute atomic E-state index is 0.500. The number of allylic oxidation sites excluding steroid dienone is 3. The number of carbonyl (C=O) groups is 1. The lowest BCUT2D eigenvalue weighted by molar-refractivity contribution is -0.140. The van der Waals surface area contributed by atoms with Crippen molar-refractivity contribution >= 4 is 5.97 Å². The highest BCUT2D eigenvalue weighted by Crippen LogP contribution is 2.35. The van der Waals surface area contributed by atoms with Gasteiger partial charge in [-0.2, -0.15) is 13.2 Å². The molecule has 0 heterocycles. The fourth-order valence-corrected chi connectivity index (χ4v) is 1.18. The molecule has 0 aromatic heterocycles. The van der Waals surface area contributed by atoms with Crippen molar-refractivity contribution in [2.45, 2.75) is 13.1 Å². The molecule has 0 bridgehead atoms. The summed E-state index contributed by atoms with van der Waals surface area (Å²) >= 11 is 0. The first kappa shape index (κ1) is 14.0. The van der Waals surface area contributed by atoms with Crippen LogP contribution in [0.15, 0.2) is 48.6 Å². The fourth-order valence-electron chi connectivity index (χ4n) is 1.18. The molecule has 5 heteroatoms. The Balaban J connectivity index is 2.88. The Kier molecular flexibility index (Phi) is 4.71. The molecule has 0 unspecified atom stereocenters. The Morgan fingerprint density at radius 3 is 2.50 bits per heavy atom. The van der Waals surface area contributed by atoms with E-state index < -0.39 is 23.5 Å². The van der Waals surface area contributed by atoms with Crippen molar-refractivity contribution in [2.75, 3.05) is 0 Å². The van der Waals surface area contributed by atoms with Crippen LogP contribution in [0.5, 0.6) is 5.75 Å². The van der Waals surface area contributed by atoms with Gasteiger partial charge >= 0.3 is 12.1 Å². The molecule has 0 aliphatic rings. The molecule has 0 fully saturated rings. The van der Waals surface area contributed by atoms with Crippen LogP contribution in [0, 0.1) is 0 Å². The van der Waals surface area contributed by atoms with Gasteiger partial charge in [-0.1, -0.05) is 30.4 Å². The van der Waals surface area contributed by atoms with Crippen molar-refractivity contribution in [3.8, 4) is 5.75 Å². The third-order valence-electron chi connectivity index (χ3n) is 1.94. The molecule has 0 radical (unpaired) electrons. The number of hydrogen-bond acceptors (Lipinski definition) is 2. The first-order chi connectivity index (χ1) is 8.45. The molecule has 0 atom stereocenters. The second-order valence-corrected chi connectivity index (χ2v) is 3.30. The standard InChI is InChI=1S/C13H11F3O2/c1-2-3-4-9-12(17)18-11-8-6-5-7-10(11)13(14,15)16/h2-9H,1H3/b3-2+,9-4+. The summed E-state index contributed by atoms with van der Waals surface area (Å²) in [6, 6.07) is 4.56. The molecule has 0 N–H and O–H groups in total. The quantitative estimate of drug-likeness (QED) is 0.356. The number of benzene rings is 1. The zero-order valence-electron chi connectivity index (χ0n) is 9.57. The Bertz CT molecular complexity index is 473. The minimum atomic E-state index is -4.55. The molecule has 2 nitrogen and oxygen atoms in total. The van der Waals surface area contributed by atoms with Crippen molar-refractivity contribution in [3.63, 3.8) is 0 Å². The van der Waals surface area contributed by atoms with E-state index in [1.807, 2.05) is 0 Å². The van der Waals surface area contributed by atoms with E-state index in [0.29, 0.717) is 0 Å². The predicted molar refractivity (Wildman–Crippen MR) is 61.0 cm³/mol. The summed E-state index contributed by atoms with van der Waals surface area (Å²) in [5.41, 5.74) is -0.974. The van der Waals surface area contributed by atoms with Crippen LogP contribution in [0.2, 0.25) is 0 Å². The number of ether oxygens (including phenoxy) is 1. The van der Waals surface area contributed by atoms with E-state index in [9.17, 15) is 18.0 Å². The van der Waals surface area contributed by atoms with Gasteiger partial charge in [-0.25, -0.2) is 4.79 Å². The number of carbonyl (C=O) groups excluding carboxylic acids is 1. The molecule has 0 saturated carbocycles. The lowest BCUT2D eigenvalue weighted by Crippen LogP contribution is -2.11. The van der Waals surface area contributed by atoms with Crippen LogP contribution < -0.4 is 4.74 Å². The zero-order valence-corrected chi connectivity index (χ0v) is 9.57. The maximum Gasteiger partial charge on any atom is 0.419 e. The largest absolute Gasteiger partial charge is 0.423 e. The van der Waals surface area contributed by atoms with Crippen molar-refractivity contribution < 1.29 is 22.7 Å². The summed E-state index contributed by atoms with van der Waals surface area (Å²) in [6.07, 6.45) is 1.12. The van der Waals surface area contributed by atoms with E-state index in [2.05, 4.69) is 4.74 Å². The molecule has 0 saturated heterocycles. The molecular formula is C13H11F3O2. The van der Waals surface area contributed by atoms with E-state index >= 15 is 0 Å². The molecule has 1 rings (SSSR count). The molecule has 1 aromatic rings. The summed E-state index contributed by atoms with van der Waals surface area (Å²) in [5.74, 6) is -1.36. The van der Waals surface area contributed by atoms with Gasteiger partial charge in [0.2, 0.25) is 0 Å². The monoisotopic (exact) mass is 256 g/mol. The first-order valence-electron chi connectivity index (χ1n) is 5.12.